The molecule has 0 aromatic heterocycles. The summed E-state index contributed by atoms with van der Waals surface area (Å²) in [7, 11) is 0. The highest BCUT2D eigenvalue weighted by Crippen LogP contribution is 2.20. The quantitative estimate of drug-likeness (QED) is 0.816. The summed E-state index contributed by atoms with van der Waals surface area (Å²) in [5.41, 5.74) is 3.65. The highest BCUT2D eigenvalue weighted by molar-refractivity contribution is 5.70. The van der Waals surface area contributed by atoms with Crippen LogP contribution in [0.25, 0.3) is 0 Å². The normalized spacial score (nSPS) is 12.2. The number of unbranched alkanes of at least 4 members (excludes halogenated alkanes) is 1. The summed E-state index contributed by atoms with van der Waals surface area (Å²) in [6.07, 6.45) is 2.20. The molecule has 0 aliphatic carbocycles. The maximum absolute atomic E-state index is 11.0. The van der Waals surface area contributed by atoms with Crippen LogP contribution in [0.3, 0.4) is 0 Å². The van der Waals surface area contributed by atoms with Crippen LogP contribution in [-0.4, -0.2) is 24.2 Å². The average Bonchev–Trinajstić information content (AvgIpc) is 2.37. The average molecular weight is 263 g/mol. The van der Waals surface area contributed by atoms with Crippen LogP contribution < -0.4 is 4.90 Å². The monoisotopic (exact) mass is 263 g/mol. The summed E-state index contributed by atoms with van der Waals surface area (Å²) in [5, 5.41) is 9.08. The van der Waals surface area contributed by atoms with E-state index in [-0.39, 0.29) is 5.92 Å². The molecule has 0 saturated carbocycles. The summed E-state index contributed by atoms with van der Waals surface area (Å²) in [6, 6.07) is 6.35. The van der Waals surface area contributed by atoms with Crippen molar-refractivity contribution in [1.29, 1.82) is 0 Å². The van der Waals surface area contributed by atoms with Gasteiger partial charge in [0.25, 0.3) is 0 Å². The van der Waals surface area contributed by atoms with Crippen LogP contribution in [0.2, 0.25) is 0 Å². The Morgan fingerprint density at radius 1 is 1.32 bits per heavy atom. The molecule has 106 valence electrons. The van der Waals surface area contributed by atoms with Crippen molar-refractivity contribution in [1.82, 2.24) is 0 Å². The van der Waals surface area contributed by atoms with Gasteiger partial charge in [0, 0.05) is 18.8 Å². The van der Waals surface area contributed by atoms with Crippen LogP contribution in [0.15, 0.2) is 18.2 Å². The van der Waals surface area contributed by atoms with E-state index in [1.54, 1.807) is 6.92 Å². The van der Waals surface area contributed by atoms with E-state index in [4.69, 9.17) is 5.11 Å². The number of anilines is 1. The highest BCUT2D eigenvalue weighted by Gasteiger charge is 2.16. The Kier molecular flexibility index (Phi) is 5.87. The van der Waals surface area contributed by atoms with E-state index < -0.39 is 5.97 Å². The molecule has 19 heavy (non-hydrogen) atoms. The van der Waals surface area contributed by atoms with Gasteiger partial charge in [0.05, 0.1) is 5.92 Å². The van der Waals surface area contributed by atoms with Crippen molar-refractivity contribution in [3.05, 3.63) is 29.3 Å². The van der Waals surface area contributed by atoms with Gasteiger partial charge in [0.2, 0.25) is 0 Å². The second-order valence-electron chi connectivity index (χ2n) is 5.31. The number of carbonyl (C=O) groups is 1. The molecule has 0 radical (unpaired) electrons. The van der Waals surface area contributed by atoms with Crippen LogP contribution in [-0.2, 0) is 4.79 Å². The number of rotatable bonds is 7. The molecule has 0 bridgehead atoms. The highest BCUT2D eigenvalue weighted by atomic mass is 16.4. The molecule has 1 N–H and O–H groups in total. The Labute approximate surface area is 116 Å². The lowest BCUT2D eigenvalue weighted by Crippen LogP contribution is -2.32. The molecule has 3 nitrogen and oxygen atoms in total. The van der Waals surface area contributed by atoms with Gasteiger partial charge in [-0.15, -0.1) is 0 Å². The van der Waals surface area contributed by atoms with Gasteiger partial charge in [-0.3, -0.25) is 4.79 Å². The number of hydrogen-bond donors (Lipinski definition) is 1. The van der Waals surface area contributed by atoms with E-state index in [1.165, 1.54) is 11.1 Å². The lowest BCUT2D eigenvalue weighted by molar-refractivity contribution is -0.140. The van der Waals surface area contributed by atoms with E-state index in [2.05, 4.69) is 43.9 Å². The van der Waals surface area contributed by atoms with Crippen molar-refractivity contribution < 1.29 is 9.90 Å². The number of aliphatic carboxylic acids is 1. The molecule has 1 atom stereocenters. The predicted octanol–water partition coefficient (Wildman–Crippen LogP) is 3.63. The Morgan fingerprint density at radius 3 is 2.53 bits per heavy atom. The number of aryl methyl sites for hydroxylation is 2. The zero-order chi connectivity index (χ0) is 14.4. The molecule has 0 fully saturated rings. The van der Waals surface area contributed by atoms with Crippen molar-refractivity contribution in [3.63, 3.8) is 0 Å². The lowest BCUT2D eigenvalue weighted by atomic mass is 10.1. The Hall–Kier alpha value is -1.51. The number of hydrogen-bond acceptors (Lipinski definition) is 2. The van der Waals surface area contributed by atoms with Gasteiger partial charge < -0.3 is 10.0 Å². The molecule has 1 aromatic carbocycles. The van der Waals surface area contributed by atoms with Crippen molar-refractivity contribution in [2.24, 2.45) is 5.92 Å². The van der Waals surface area contributed by atoms with Gasteiger partial charge in [-0.1, -0.05) is 26.3 Å². The molecule has 0 amide bonds. The van der Waals surface area contributed by atoms with E-state index >= 15 is 0 Å². The fourth-order valence-electron chi connectivity index (χ4n) is 2.01. The molecule has 0 aliphatic heterocycles. The smallest absolute Gasteiger partial charge is 0.308 e. The first-order chi connectivity index (χ1) is 8.95. The fraction of sp³-hybridized carbons (Fsp3) is 0.562. The van der Waals surface area contributed by atoms with Gasteiger partial charge in [-0.2, -0.15) is 0 Å². The number of carboxylic acid groups (broad SMARTS) is 1. The third-order valence-electron chi connectivity index (χ3n) is 3.55. The van der Waals surface area contributed by atoms with Gasteiger partial charge in [-0.25, -0.2) is 0 Å². The molecule has 0 spiro atoms. The predicted molar refractivity (Wildman–Crippen MR) is 79.8 cm³/mol. The summed E-state index contributed by atoms with van der Waals surface area (Å²) < 4.78 is 0. The number of nitrogens with zero attached hydrogens (tertiary/aromatic N) is 1. The van der Waals surface area contributed by atoms with Crippen LogP contribution in [0.4, 0.5) is 5.69 Å². The first-order valence-electron chi connectivity index (χ1n) is 7.00. The third kappa shape index (κ3) is 4.58. The van der Waals surface area contributed by atoms with Crippen molar-refractivity contribution >= 4 is 11.7 Å². The second kappa shape index (κ2) is 7.17. The molecule has 1 rings (SSSR count). The molecular formula is C16H25NO2. The zero-order valence-electron chi connectivity index (χ0n) is 12.4. The van der Waals surface area contributed by atoms with Crippen molar-refractivity contribution in [2.75, 3.05) is 18.0 Å². The van der Waals surface area contributed by atoms with Crippen LogP contribution in [0.1, 0.15) is 37.8 Å². The third-order valence-corrected chi connectivity index (χ3v) is 3.55. The lowest BCUT2D eigenvalue weighted by Gasteiger charge is -2.27. The molecule has 1 unspecified atom stereocenters. The van der Waals surface area contributed by atoms with Crippen molar-refractivity contribution in [3.8, 4) is 0 Å². The molecular weight excluding hydrogens is 238 g/mol. The largest absolute Gasteiger partial charge is 0.481 e. The Bertz CT molecular complexity index is 429. The Morgan fingerprint density at radius 2 is 2.00 bits per heavy atom. The summed E-state index contributed by atoms with van der Waals surface area (Å²) in [5.74, 6) is -1.08. The second-order valence-corrected chi connectivity index (χ2v) is 5.31. The standard InChI is InChI=1S/C16H25NO2/c1-5-6-9-17(11-14(4)16(18)19)15-8-7-12(2)13(3)10-15/h7-8,10,14H,5-6,9,11H2,1-4H3,(H,18,19). The summed E-state index contributed by atoms with van der Waals surface area (Å²) >= 11 is 0. The first-order valence-corrected chi connectivity index (χ1v) is 7.00. The topological polar surface area (TPSA) is 40.5 Å². The van der Waals surface area contributed by atoms with E-state index in [1.807, 2.05) is 0 Å². The maximum atomic E-state index is 11.0. The maximum Gasteiger partial charge on any atom is 0.308 e. The molecule has 3 heteroatoms. The fourth-order valence-corrected chi connectivity index (χ4v) is 2.01. The van der Waals surface area contributed by atoms with E-state index in [0.29, 0.717) is 6.54 Å². The molecule has 0 heterocycles. The van der Waals surface area contributed by atoms with Crippen molar-refractivity contribution in [2.45, 2.75) is 40.5 Å². The number of carboxylic acids is 1. The SMILES string of the molecule is CCCCN(CC(C)C(=O)O)c1ccc(C)c(C)c1. The van der Waals surface area contributed by atoms with Gasteiger partial charge >= 0.3 is 5.97 Å². The van der Waals surface area contributed by atoms with Gasteiger partial charge in [-0.05, 0) is 43.5 Å². The minimum Gasteiger partial charge on any atom is -0.481 e. The number of benzene rings is 1. The van der Waals surface area contributed by atoms with Gasteiger partial charge in [0.1, 0.15) is 0 Å². The van der Waals surface area contributed by atoms with Crippen LogP contribution in [0, 0.1) is 19.8 Å². The first kappa shape index (κ1) is 15.5. The Balaban J connectivity index is 2.88. The molecule has 1 aromatic rings. The molecule has 0 saturated heterocycles. The summed E-state index contributed by atoms with van der Waals surface area (Å²) in [4.78, 5) is 13.2. The van der Waals surface area contributed by atoms with E-state index in [9.17, 15) is 4.79 Å². The molecule has 0 aliphatic rings. The minimum absolute atomic E-state index is 0.349. The summed E-state index contributed by atoms with van der Waals surface area (Å²) in [6.45, 7) is 9.59. The van der Waals surface area contributed by atoms with Crippen LogP contribution in [0.5, 0.6) is 0 Å². The minimum atomic E-state index is -0.731. The van der Waals surface area contributed by atoms with Crippen LogP contribution >= 0.6 is 0 Å². The van der Waals surface area contributed by atoms with E-state index in [0.717, 1.165) is 25.1 Å². The van der Waals surface area contributed by atoms with Gasteiger partial charge in [0.15, 0.2) is 0 Å². The zero-order valence-corrected chi connectivity index (χ0v) is 12.4.